The quantitative estimate of drug-likeness (QED) is 0.437. The second-order valence-corrected chi connectivity index (χ2v) is 9.20. The molecule has 5 rings (SSSR count). The minimum absolute atomic E-state index is 0.159. The normalized spacial score (nSPS) is 20.2. The number of rotatable bonds is 8. The first kappa shape index (κ1) is 21.8. The second kappa shape index (κ2) is 10.3. The van der Waals surface area contributed by atoms with Crippen molar-refractivity contribution in [1.29, 1.82) is 0 Å². The van der Waals surface area contributed by atoms with Crippen LogP contribution in [0.5, 0.6) is 17.2 Å². The lowest BCUT2D eigenvalue weighted by atomic mass is 9.76. The summed E-state index contributed by atoms with van der Waals surface area (Å²) in [5, 5.41) is 9.95. The van der Waals surface area contributed by atoms with E-state index in [1.807, 2.05) is 12.1 Å². The zero-order valence-corrected chi connectivity index (χ0v) is 19.2. The number of fused-ring (bicyclic) bond motifs is 1. The Kier molecular flexibility index (Phi) is 6.82. The number of phenolic OH excluding ortho intramolecular Hbond substituents is 1. The van der Waals surface area contributed by atoms with Crippen LogP contribution in [0.4, 0.5) is 0 Å². The molecule has 0 saturated carbocycles. The molecule has 2 heterocycles. The van der Waals surface area contributed by atoms with Crippen LogP contribution < -0.4 is 9.47 Å². The molecule has 0 aliphatic carbocycles. The maximum atomic E-state index is 9.95. The third-order valence-electron chi connectivity index (χ3n) is 6.96. The first-order chi connectivity index (χ1) is 16.3. The molecular formula is C29H33NO3. The smallest absolute Gasteiger partial charge is 0.126 e. The molecule has 3 aromatic rings. The number of hydrogen-bond donors (Lipinski definition) is 1. The van der Waals surface area contributed by atoms with Gasteiger partial charge in [0.05, 0.1) is 13.2 Å². The van der Waals surface area contributed by atoms with Gasteiger partial charge in [0.25, 0.3) is 0 Å². The van der Waals surface area contributed by atoms with Gasteiger partial charge in [0.15, 0.2) is 0 Å². The molecule has 0 aromatic heterocycles. The van der Waals surface area contributed by atoms with Crippen molar-refractivity contribution in [3.05, 3.63) is 89.5 Å². The number of ether oxygens (including phenoxy) is 2. The Morgan fingerprint density at radius 3 is 2.45 bits per heavy atom. The molecule has 3 aromatic carbocycles. The van der Waals surface area contributed by atoms with E-state index in [0.717, 1.165) is 30.1 Å². The summed E-state index contributed by atoms with van der Waals surface area (Å²) in [6, 6.07) is 24.6. The van der Waals surface area contributed by atoms with Crippen LogP contribution in [0.3, 0.4) is 0 Å². The summed E-state index contributed by atoms with van der Waals surface area (Å²) >= 11 is 0. The van der Waals surface area contributed by atoms with Gasteiger partial charge in [-0.15, -0.1) is 0 Å². The predicted octanol–water partition coefficient (Wildman–Crippen LogP) is 5.96. The molecule has 1 fully saturated rings. The van der Waals surface area contributed by atoms with Gasteiger partial charge in [0, 0.05) is 23.5 Å². The fourth-order valence-corrected chi connectivity index (χ4v) is 5.20. The molecule has 172 valence electrons. The molecule has 0 radical (unpaired) electrons. The highest BCUT2D eigenvalue weighted by atomic mass is 16.5. The van der Waals surface area contributed by atoms with Crippen LogP contribution in [-0.4, -0.2) is 42.9 Å². The van der Waals surface area contributed by atoms with Gasteiger partial charge in [-0.25, -0.2) is 0 Å². The summed E-state index contributed by atoms with van der Waals surface area (Å²) in [5.41, 5.74) is 3.61. The highest BCUT2D eigenvalue weighted by molar-refractivity contribution is 5.50. The topological polar surface area (TPSA) is 41.9 Å². The number of aromatic hydroxyl groups is 1. The van der Waals surface area contributed by atoms with E-state index < -0.39 is 0 Å². The van der Waals surface area contributed by atoms with Gasteiger partial charge in [-0.05, 0) is 74.6 Å². The van der Waals surface area contributed by atoms with Crippen molar-refractivity contribution in [3.8, 4) is 17.2 Å². The van der Waals surface area contributed by atoms with Crippen LogP contribution >= 0.6 is 0 Å². The summed E-state index contributed by atoms with van der Waals surface area (Å²) in [6.45, 7) is 5.07. The maximum Gasteiger partial charge on any atom is 0.126 e. The van der Waals surface area contributed by atoms with E-state index in [0.29, 0.717) is 6.61 Å². The minimum Gasteiger partial charge on any atom is -0.508 e. The average molecular weight is 444 g/mol. The summed E-state index contributed by atoms with van der Waals surface area (Å²) in [5.74, 6) is 2.30. The average Bonchev–Trinajstić information content (AvgIpc) is 3.38. The Hall–Kier alpha value is -2.98. The van der Waals surface area contributed by atoms with Crippen molar-refractivity contribution in [2.75, 3.05) is 32.8 Å². The molecule has 0 spiro atoms. The largest absolute Gasteiger partial charge is 0.508 e. The molecule has 4 nitrogen and oxygen atoms in total. The Labute approximate surface area is 196 Å². The van der Waals surface area contributed by atoms with E-state index in [2.05, 4.69) is 53.4 Å². The van der Waals surface area contributed by atoms with Crippen LogP contribution in [0.15, 0.2) is 72.8 Å². The van der Waals surface area contributed by atoms with Gasteiger partial charge in [-0.3, -0.25) is 0 Å². The number of benzene rings is 3. The first-order valence-corrected chi connectivity index (χ1v) is 12.2. The fourth-order valence-electron chi connectivity index (χ4n) is 5.20. The summed E-state index contributed by atoms with van der Waals surface area (Å²) in [4.78, 5) is 2.56. The van der Waals surface area contributed by atoms with Crippen molar-refractivity contribution >= 4 is 0 Å². The molecule has 0 unspecified atom stereocenters. The lowest BCUT2D eigenvalue weighted by Gasteiger charge is -2.34. The van der Waals surface area contributed by atoms with Crippen LogP contribution in [-0.2, 0) is 0 Å². The van der Waals surface area contributed by atoms with Gasteiger partial charge in [-0.2, -0.15) is 0 Å². The van der Waals surface area contributed by atoms with Crippen molar-refractivity contribution < 1.29 is 14.6 Å². The van der Waals surface area contributed by atoms with Crippen molar-refractivity contribution in [2.45, 2.75) is 37.5 Å². The monoisotopic (exact) mass is 443 g/mol. The third kappa shape index (κ3) is 5.17. The molecule has 2 aliphatic heterocycles. The van der Waals surface area contributed by atoms with E-state index >= 15 is 0 Å². The van der Waals surface area contributed by atoms with Gasteiger partial charge in [0.1, 0.15) is 17.2 Å². The number of likely N-dealkylation sites (tertiary alicyclic amines) is 1. The molecular weight excluding hydrogens is 410 g/mol. The number of unbranched alkanes of at least 4 members (excludes halogenated alkanes) is 1. The molecule has 2 atom stereocenters. The number of phenols is 1. The second-order valence-electron chi connectivity index (χ2n) is 9.20. The zero-order valence-electron chi connectivity index (χ0n) is 19.2. The molecule has 1 saturated heterocycles. The summed E-state index contributed by atoms with van der Waals surface area (Å²) < 4.78 is 12.1. The standard InChI is InChI=1S/C29H33NO3/c31-24-12-15-26-28(20-24)33-21-27(22-8-2-1-3-9-22)29(26)23-10-13-25(14-11-23)32-19-7-6-18-30-16-4-5-17-30/h1-3,8-15,20,27,29,31H,4-7,16-19,21H2/t27-,29-/m0/s1. The van der Waals surface area contributed by atoms with E-state index in [1.165, 1.54) is 50.0 Å². The van der Waals surface area contributed by atoms with Crippen molar-refractivity contribution in [1.82, 2.24) is 4.90 Å². The van der Waals surface area contributed by atoms with Crippen LogP contribution in [0.2, 0.25) is 0 Å². The maximum absolute atomic E-state index is 9.95. The molecule has 0 amide bonds. The third-order valence-corrected chi connectivity index (χ3v) is 6.96. The Balaban J connectivity index is 1.28. The number of hydrogen-bond acceptors (Lipinski definition) is 4. The molecule has 2 aliphatic rings. The molecule has 1 N–H and O–H groups in total. The van der Waals surface area contributed by atoms with Gasteiger partial charge >= 0.3 is 0 Å². The molecule has 33 heavy (non-hydrogen) atoms. The highest BCUT2D eigenvalue weighted by Crippen LogP contribution is 2.47. The van der Waals surface area contributed by atoms with E-state index in [9.17, 15) is 5.11 Å². The van der Waals surface area contributed by atoms with Crippen molar-refractivity contribution in [3.63, 3.8) is 0 Å². The van der Waals surface area contributed by atoms with Gasteiger partial charge in [0.2, 0.25) is 0 Å². The lowest BCUT2D eigenvalue weighted by molar-refractivity contribution is 0.247. The Morgan fingerprint density at radius 1 is 0.879 bits per heavy atom. The fraction of sp³-hybridized carbons (Fsp3) is 0.379. The summed E-state index contributed by atoms with van der Waals surface area (Å²) in [6.07, 6.45) is 4.99. The van der Waals surface area contributed by atoms with E-state index in [-0.39, 0.29) is 17.6 Å². The summed E-state index contributed by atoms with van der Waals surface area (Å²) in [7, 11) is 0. The Morgan fingerprint density at radius 2 is 1.67 bits per heavy atom. The predicted molar refractivity (Wildman–Crippen MR) is 131 cm³/mol. The van der Waals surface area contributed by atoms with Crippen molar-refractivity contribution in [2.24, 2.45) is 0 Å². The highest BCUT2D eigenvalue weighted by Gasteiger charge is 2.33. The number of nitrogens with zero attached hydrogens (tertiary/aromatic N) is 1. The SMILES string of the molecule is Oc1ccc2c(c1)OC[C@@H](c1ccccc1)[C@H]2c1ccc(OCCCCN2CCCC2)cc1. The molecule has 0 bridgehead atoms. The first-order valence-electron chi connectivity index (χ1n) is 12.2. The van der Waals surface area contributed by atoms with Gasteiger partial charge in [-0.1, -0.05) is 48.5 Å². The lowest BCUT2D eigenvalue weighted by Crippen LogP contribution is -2.25. The van der Waals surface area contributed by atoms with E-state index in [1.54, 1.807) is 12.1 Å². The van der Waals surface area contributed by atoms with Crippen LogP contribution in [0, 0.1) is 0 Å². The van der Waals surface area contributed by atoms with Crippen LogP contribution in [0.1, 0.15) is 54.2 Å². The molecule has 4 heteroatoms. The van der Waals surface area contributed by atoms with Crippen LogP contribution in [0.25, 0.3) is 0 Å². The zero-order chi connectivity index (χ0) is 22.5. The van der Waals surface area contributed by atoms with Gasteiger partial charge < -0.3 is 19.5 Å². The Bertz CT molecular complexity index is 1030. The van der Waals surface area contributed by atoms with E-state index in [4.69, 9.17) is 9.47 Å². The minimum atomic E-state index is 0.159.